The molecule has 6 heteroatoms. The van der Waals surface area contributed by atoms with Gasteiger partial charge in [-0.25, -0.2) is 0 Å². The molecule has 1 heterocycles. The number of ether oxygens (including phenoxy) is 1. The Hall–Kier alpha value is -2.50. The first kappa shape index (κ1) is 26.1. The van der Waals surface area contributed by atoms with Crippen LogP contribution in [0, 0.1) is 5.92 Å². The highest BCUT2D eigenvalue weighted by Gasteiger charge is 2.28. The van der Waals surface area contributed by atoms with E-state index >= 15 is 0 Å². The number of methoxy groups -OCH3 is 1. The third-order valence-corrected chi connectivity index (χ3v) is 8.70. The van der Waals surface area contributed by atoms with Gasteiger partial charge in [0, 0.05) is 40.8 Å². The van der Waals surface area contributed by atoms with Crippen LogP contribution in [-0.4, -0.2) is 47.3 Å². The third-order valence-electron chi connectivity index (χ3n) is 8.41. The summed E-state index contributed by atoms with van der Waals surface area (Å²) in [7, 11) is 1.54. The Labute approximate surface area is 226 Å². The quantitative estimate of drug-likeness (QED) is 0.317. The number of rotatable bonds is 8. The smallest absolute Gasteiger partial charge is 0.176 e. The lowest BCUT2D eigenvalue weighted by atomic mass is 9.88. The Morgan fingerprint density at radius 2 is 1.76 bits per heavy atom. The van der Waals surface area contributed by atoms with Gasteiger partial charge in [0.1, 0.15) is 0 Å². The van der Waals surface area contributed by atoms with E-state index in [9.17, 15) is 5.11 Å². The number of aromatic hydroxyl groups is 1. The molecular formula is C31H39ClN3O2. The van der Waals surface area contributed by atoms with Gasteiger partial charge in [-0.1, -0.05) is 44.4 Å². The number of hydrogen-bond acceptors (Lipinski definition) is 5. The number of aromatic nitrogens is 1. The Kier molecular flexibility index (Phi) is 8.11. The molecule has 2 aromatic carbocycles. The molecule has 1 radical (unpaired) electrons. The van der Waals surface area contributed by atoms with E-state index in [1.807, 2.05) is 6.07 Å². The van der Waals surface area contributed by atoms with E-state index in [2.05, 4.69) is 48.5 Å². The van der Waals surface area contributed by atoms with Crippen molar-refractivity contribution in [3.63, 3.8) is 0 Å². The second kappa shape index (κ2) is 11.5. The van der Waals surface area contributed by atoms with Crippen LogP contribution in [0.4, 0.5) is 5.69 Å². The molecule has 1 aromatic heterocycles. The van der Waals surface area contributed by atoms with E-state index in [1.54, 1.807) is 13.2 Å². The van der Waals surface area contributed by atoms with E-state index in [-0.39, 0.29) is 10.8 Å². The van der Waals surface area contributed by atoms with Gasteiger partial charge in [0.2, 0.25) is 0 Å². The number of hydrogen-bond donors (Lipinski definition) is 2. The van der Waals surface area contributed by atoms with Crippen LogP contribution in [0.1, 0.15) is 70.8 Å². The predicted octanol–water partition coefficient (Wildman–Crippen LogP) is 7.83. The predicted molar refractivity (Wildman–Crippen MR) is 154 cm³/mol. The summed E-state index contributed by atoms with van der Waals surface area (Å²) in [5, 5.41) is 15.7. The van der Waals surface area contributed by atoms with Crippen molar-refractivity contribution < 1.29 is 9.84 Å². The van der Waals surface area contributed by atoms with Gasteiger partial charge >= 0.3 is 0 Å². The zero-order valence-corrected chi connectivity index (χ0v) is 23.1. The summed E-state index contributed by atoms with van der Waals surface area (Å²) >= 11 is 6.33. The molecule has 5 rings (SSSR count). The number of pyridine rings is 1. The first-order chi connectivity index (χ1) is 18.0. The van der Waals surface area contributed by atoms with Crippen LogP contribution < -0.4 is 10.1 Å². The Morgan fingerprint density at radius 1 is 1.03 bits per heavy atom. The highest BCUT2D eigenvalue weighted by molar-refractivity contribution is 6.32. The van der Waals surface area contributed by atoms with Gasteiger partial charge < -0.3 is 20.1 Å². The number of benzene rings is 2. The average molecular weight is 521 g/mol. The fourth-order valence-corrected chi connectivity index (χ4v) is 6.50. The summed E-state index contributed by atoms with van der Waals surface area (Å²) in [6.07, 6.45) is 11.8. The largest absolute Gasteiger partial charge is 0.503 e. The van der Waals surface area contributed by atoms with Crippen LogP contribution in [-0.2, 0) is 0 Å². The van der Waals surface area contributed by atoms with Crippen LogP contribution >= 0.6 is 11.6 Å². The topological polar surface area (TPSA) is 57.6 Å². The van der Waals surface area contributed by atoms with Crippen LogP contribution in [0.25, 0.3) is 22.0 Å². The Balaban J connectivity index is 1.51. The molecule has 0 saturated heterocycles. The number of anilines is 1. The Morgan fingerprint density at radius 3 is 2.43 bits per heavy atom. The number of phenolic OH excluding ortho intramolecular Hbond substituents is 1. The highest BCUT2D eigenvalue weighted by atomic mass is 35.5. The van der Waals surface area contributed by atoms with E-state index in [0.29, 0.717) is 17.8 Å². The Bertz CT molecular complexity index is 1230. The van der Waals surface area contributed by atoms with Gasteiger partial charge in [0.15, 0.2) is 11.5 Å². The zero-order valence-electron chi connectivity index (χ0n) is 22.3. The maximum atomic E-state index is 10.2. The van der Waals surface area contributed by atoms with Crippen molar-refractivity contribution in [1.29, 1.82) is 0 Å². The lowest BCUT2D eigenvalue weighted by Gasteiger charge is -2.37. The molecule has 0 spiro atoms. The third kappa shape index (κ3) is 5.39. The van der Waals surface area contributed by atoms with Crippen molar-refractivity contribution >= 4 is 28.2 Å². The summed E-state index contributed by atoms with van der Waals surface area (Å²) in [6, 6.07) is 11.2. The van der Waals surface area contributed by atoms with Crippen molar-refractivity contribution in [3.05, 3.63) is 53.0 Å². The minimum atomic E-state index is -0.0297. The van der Waals surface area contributed by atoms with Crippen molar-refractivity contribution in [2.45, 2.75) is 77.3 Å². The molecule has 0 atom stereocenters. The lowest BCUT2D eigenvalue weighted by molar-refractivity contribution is 0.167. The van der Waals surface area contributed by atoms with Gasteiger partial charge in [-0.05, 0) is 87.0 Å². The molecule has 0 bridgehead atoms. The van der Waals surface area contributed by atoms with Crippen molar-refractivity contribution in [2.24, 2.45) is 0 Å². The molecule has 2 aliphatic carbocycles. The van der Waals surface area contributed by atoms with E-state index in [4.69, 9.17) is 21.3 Å². The molecular weight excluding hydrogens is 482 g/mol. The van der Waals surface area contributed by atoms with E-state index in [1.165, 1.54) is 55.7 Å². The van der Waals surface area contributed by atoms with Gasteiger partial charge in [-0.15, -0.1) is 0 Å². The van der Waals surface area contributed by atoms with Gasteiger partial charge in [-0.3, -0.25) is 4.98 Å². The molecule has 2 saturated carbocycles. The molecule has 2 aliphatic rings. The molecule has 2 N–H and O–H groups in total. The van der Waals surface area contributed by atoms with Crippen molar-refractivity contribution in [2.75, 3.05) is 25.5 Å². The molecule has 3 aromatic rings. The number of fused-ring (bicyclic) bond motifs is 1. The molecule has 197 valence electrons. The second-order valence-corrected chi connectivity index (χ2v) is 10.9. The van der Waals surface area contributed by atoms with E-state index in [0.717, 1.165) is 48.0 Å². The number of nitrogens with zero attached hydrogens (tertiary/aromatic N) is 2. The lowest BCUT2D eigenvalue weighted by Crippen LogP contribution is -2.40. The van der Waals surface area contributed by atoms with Crippen molar-refractivity contribution in [1.82, 2.24) is 9.88 Å². The van der Waals surface area contributed by atoms with Gasteiger partial charge in [0.05, 0.1) is 17.6 Å². The standard InChI is InChI=1S/C31H39ClN3O2/c1-4-35(5-2)24-13-11-23(12-14-24)34-30-25-16-21(22-17-27(32)31(36)29(18-22)37-3)10-15-28(25)33-19-26(30)20-8-6-7-9-20/h10,15-19,23-24,36H,4-9,11-14H2,1-3H3,(H,33,34). The van der Waals surface area contributed by atoms with Crippen molar-refractivity contribution in [3.8, 4) is 22.6 Å². The van der Waals surface area contributed by atoms with Gasteiger partial charge in [-0.2, -0.15) is 0 Å². The average Bonchev–Trinajstić information content (AvgIpc) is 3.46. The summed E-state index contributed by atoms with van der Waals surface area (Å²) < 4.78 is 5.36. The fraction of sp³-hybridized carbons (Fsp3) is 0.484. The summed E-state index contributed by atoms with van der Waals surface area (Å²) in [4.78, 5) is 7.49. The van der Waals surface area contributed by atoms with Gasteiger partial charge in [0.25, 0.3) is 0 Å². The maximum Gasteiger partial charge on any atom is 0.176 e. The summed E-state index contributed by atoms with van der Waals surface area (Å²) in [5.41, 5.74) is 5.44. The van der Waals surface area contributed by atoms with Crippen LogP contribution in [0.2, 0.25) is 5.02 Å². The minimum Gasteiger partial charge on any atom is -0.503 e. The second-order valence-electron chi connectivity index (χ2n) is 10.5. The molecule has 2 fully saturated rings. The molecule has 0 unspecified atom stereocenters. The molecule has 5 nitrogen and oxygen atoms in total. The molecule has 0 aliphatic heterocycles. The number of phenols is 1. The first-order valence-electron chi connectivity index (χ1n) is 13.9. The highest BCUT2D eigenvalue weighted by Crippen LogP contribution is 2.43. The summed E-state index contributed by atoms with van der Waals surface area (Å²) in [5.74, 6) is 1.87. The number of halogens is 1. The van der Waals surface area contributed by atoms with Crippen LogP contribution in [0.5, 0.6) is 11.5 Å². The monoisotopic (exact) mass is 520 g/mol. The molecule has 0 amide bonds. The number of nitrogens with one attached hydrogen (secondary N) is 1. The minimum absolute atomic E-state index is 0.0297. The van der Waals surface area contributed by atoms with Crippen LogP contribution in [0.15, 0.2) is 36.5 Å². The summed E-state index contributed by atoms with van der Waals surface area (Å²) in [6.45, 7) is 6.81. The normalized spacial score (nSPS) is 20.6. The molecule has 37 heavy (non-hydrogen) atoms. The van der Waals surface area contributed by atoms with E-state index < -0.39 is 0 Å². The maximum absolute atomic E-state index is 10.2. The fourth-order valence-electron chi connectivity index (χ4n) is 6.29. The zero-order chi connectivity index (χ0) is 25.9. The van der Waals surface area contributed by atoms with Crippen LogP contribution in [0.3, 0.4) is 0 Å². The SMILES string of the molecule is CCN(CC)C1CCC(Nc2c([C]3CCCC3)cnc3ccc(-c4cc(Cl)c(O)c(OC)c4)cc23)CC1. The first-order valence-corrected chi connectivity index (χ1v) is 14.2.